The fourth-order valence-electron chi connectivity index (χ4n) is 9.57. The first-order chi connectivity index (χ1) is 32.2. The number of fused-ring (bicyclic) bond motifs is 4. The van der Waals surface area contributed by atoms with E-state index in [4.69, 9.17) is 30.9 Å². The number of nitrogen functional groups attached to an aromatic ring is 1. The maximum atomic E-state index is 6.32. The molecule has 1 atom stereocenters. The van der Waals surface area contributed by atoms with Crippen molar-refractivity contribution in [1.29, 1.82) is 0 Å². The van der Waals surface area contributed by atoms with E-state index in [0.717, 1.165) is 139 Å². The van der Waals surface area contributed by atoms with Gasteiger partial charge < -0.3 is 35.3 Å². The van der Waals surface area contributed by atoms with Gasteiger partial charge in [-0.2, -0.15) is 10.2 Å². The van der Waals surface area contributed by atoms with Crippen LogP contribution in [0.3, 0.4) is 0 Å². The van der Waals surface area contributed by atoms with Gasteiger partial charge in [-0.1, -0.05) is 6.07 Å². The van der Waals surface area contributed by atoms with E-state index in [1.165, 1.54) is 0 Å². The third-order valence-electron chi connectivity index (χ3n) is 13.3. The topological polar surface area (TPSA) is 208 Å². The molecule has 10 aromatic rings. The molecular formula is C48H48N18. The van der Waals surface area contributed by atoms with Gasteiger partial charge in [0.1, 0.15) is 22.4 Å². The molecule has 6 N–H and O–H groups in total. The molecule has 66 heavy (non-hydrogen) atoms. The Morgan fingerprint density at radius 3 is 2.05 bits per heavy atom. The molecule has 8 aromatic heterocycles. The van der Waals surface area contributed by atoms with Crippen LogP contribution >= 0.6 is 0 Å². The average Bonchev–Trinajstić information content (AvgIpc) is 4.16. The van der Waals surface area contributed by atoms with Gasteiger partial charge in [-0.05, 0) is 67.2 Å². The zero-order valence-electron chi connectivity index (χ0n) is 37.1. The van der Waals surface area contributed by atoms with Crippen LogP contribution in [0, 0.1) is 0 Å². The number of rotatable bonds is 8. The van der Waals surface area contributed by atoms with Gasteiger partial charge in [-0.25, -0.2) is 9.97 Å². The monoisotopic (exact) mass is 876 g/mol. The molecule has 330 valence electrons. The van der Waals surface area contributed by atoms with Gasteiger partial charge >= 0.3 is 0 Å². The number of aromatic nitrogens is 12. The Labute approximate surface area is 378 Å². The predicted molar refractivity (Wildman–Crippen MR) is 260 cm³/mol. The lowest BCUT2D eigenvalue weighted by molar-refractivity contribution is 0.222. The average molecular weight is 877 g/mol. The predicted octanol–water partition coefficient (Wildman–Crippen LogP) is 6.33. The van der Waals surface area contributed by atoms with Crippen molar-refractivity contribution in [2.75, 3.05) is 94.4 Å². The summed E-state index contributed by atoms with van der Waals surface area (Å²) < 4.78 is 0. The Hall–Kier alpha value is -7.96. The molecule has 2 saturated heterocycles. The van der Waals surface area contributed by atoms with E-state index in [-0.39, 0.29) is 6.04 Å². The van der Waals surface area contributed by atoms with Gasteiger partial charge in [-0.15, -0.1) is 0 Å². The highest BCUT2D eigenvalue weighted by molar-refractivity contribution is 6.00. The zero-order valence-corrected chi connectivity index (χ0v) is 37.1. The van der Waals surface area contributed by atoms with Crippen LogP contribution in [0.5, 0.6) is 0 Å². The second-order valence-electron chi connectivity index (χ2n) is 17.7. The normalized spacial score (nSPS) is 16.4. The molecule has 12 rings (SSSR count). The number of likely N-dealkylation sites (N-methyl/N-ethyl adjacent to an activating group) is 2. The Balaban J connectivity index is 0.917. The molecule has 0 bridgehead atoms. The molecule has 2 aromatic carbocycles. The summed E-state index contributed by atoms with van der Waals surface area (Å²) in [5, 5.41) is 18.3. The number of nitrogens with one attached hydrogen (secondary N) is 4. The number of nitrogens with zero attached hydrogens (tertiary/aromatic N) is 13. The third-order valence-corrected chi connectivity index (χ3v) is 13.3. The summed E-state index contributed by atoms with van der Waals surface area (Å²) in [5.41, 5.74) is 21.7. The van der Waals surface area contributed by atoms with E-state index in [1.54, 1.807) is 6.20 Å². The minimum atomic E-state index is -0.0575. The van der Waals surface area contributed by atoms with E-state index in [1.807, 2.05) is 63.5 Å². The molecule has 2 aliphatic heterocycles. The Kier molecular flexibility index (Phi) is 9.38. The maximum absolute atomic E-state index is 6.32. The van der Waals surface area contributed by atoms with Crippen LogP contribution in [-0.4, -0.2) is 144 Å². The summed E-state index contributed by atoms with van der Waals surface area (Å²) in [7, 11) is 8.37. The van der Waals surface area contributed by atoms with Crippen molar-refractivity contribution in [2.24, 2.45) is 0 Å². The summed E-state index contributed by atoms with van der Waals surface area (Å²) >= 11 is 0. The quantitative estimate of drug-likeness (QED) is 0.113. The van der Waals surface area contributed by atoms with Crippen LogP contribution in [0.2, 0.25) is 0 Å². The Morgan fingerprint density at radius 1 is 0.591 bits per heavy atom. The molecule has 18 heteroatoms. The number of imidazole rings is 2. The van der Waals surface area contributed by atoms with Gasteiger partial charge in [0.05, 0.1) is 81.8 Å². The number of nitrogens with two attached hydrogens (primary N) is 1. The van der Waals surface area contributed by atoms with Crippen molar-refractivity contribution in [1.82, 2.24) is 70.1 Å². The Morgan fingerprint density at radius 2 is 1.27 bits per heavy atom. The SMILES string of the molecule is CN1CCN(c2cncc3[nH]c(-c4[nH]nc5c(C6CN(c7cncc8[nH]c(-c9n[nH]c%10ccc(-c%11cncc(N(C)C)c%11)cc9%10)nc78)CCN6C)cc(-c6cncc(N)c6)cc45)nc23)CC1. The number of piperazine rings is 2. The number of hydrogen-bond acceptors (Lipinski definition) is 14. The van der Waals surface area contributed by atoms with E-state index in [0.29, 0.717) is 23.9 Å². The summed E-state index contributed by atoms with van der Waals surface area (Å²) in [5.74, 6) is 1.37. The van der Waals surface area contributed by atoms with Crippen molar-refractivity contribution in [3.63, 3.8) is 0 Å². The molecule has 0 radical (unpaired) electrons. The second kappa shape index (κ2) is 15.6. The first-order valence-electron chi connectivity index (χ1n) is 22.1. The standard InChI is InChI=1S/C48H48N18/c1-62(2)32-14-30(19-51-21-32)27-5-6-36-33(15-27)43(60-58-36)47-54-38-23-53-25-40(46(38)57-47)66-12-9-64(4)41(26-66)34-16-28(29-13-31(49)20-50-18-29)17-35-42(34)59-61-44(35)48-55-37-22-52-24-39(45(37)56-48)65-10-7-63(3)8-11-65/h5-6,13-25,41H,7-12,26,49H2,1-4H3,(H,54,57)(H,55,56)(H,58,60)(H,59,61). The molecular weight excluding hydrogens is 829 g/mol. The van der Waals surface area contributed by atoms with Crippen molar-refractivity contribution in [2.45, 2.75) is 6.04 Å². The molecule has 0 spiro atoms. The van der Waals surface area contributed by atoms with Gasteiger partial charge in [0.2, 0.25) is 0 Å². The van der Waals surface area contributed by atoms with Crippen LogP contribution in [0.15, 0.2) is 92.0 Å². The van der Waals surface area contributed by atoms with E-state index in [2.05, 4.69) is 110 Å². The number of H-pyrrole nitrogens is 4. The molecule has 2 aliphatic rings. The fourth-order valence-corrected chi connectivity index (χ4v) is 9.57. The van der Waals surface area contributed by atoms with Gasteiger partial charge in [-0.3, -0.25) is 35.0 Å². The highest BCUT2D eigenvalue weighted by Gasteiger charge is 2.31. The smallest absolute Gasteiger partial charge is 0.159 e. The van der Waals surface area contributed by atoms with Gasteiger partial charge in [0.25, 0.3) is 0 Å². The zero-order chi connectivity index (χ0) is 44.6. The van der Waals surface area contributed by atoms with Crippen molar-refractivity contribution >= 4 is 66.6 Å². The molecule has 18 nitrogen and oxygen atoms in total. The lowest BCUT2D eigenvalue weighted by Gasteiger charge is -2.41. The van der Waals surface area contributed by atoms with E-state index < -0.39 is 0 Å². The van der Waals surface area contributed by atoms with Crippen LogP contribution in [0.1, 0.15) is 11.6 Å². The van der Waals surface area contributed by atoms with E-state index >= 15 is 0 Å². The summed E-state index contributed by atoms with van der Waals surface area (Å²) in [6.45, 7) is 6.04. The van der Waals surface area contributed by atoms with E-state index in [9.17, 15) is 0 Å². The summed E-state index contributed by atoms with van der Waals surface area (Å²) in [6.07, 6.45) is 14.8. The highest BCUT2D eigenvalue weighted by Crippen LogP contribution is 2.40. The second-order valence-corrected chi connectivity index (χ2v) is 17.7. The number of anilines is 4. The molecule has 10 heterocycles. The molecule has 2 fully saturated rings. The van der Waals surface area contributed by atoms with Crippen molar-refractivity contribution in [3.8, 4) is 45.3 Å². The van der Waals surface area contributed by atoms with Crippen LogP contribution in [-0.2, 0) is 0 Å². The lowest BCUT2D eigenvalue weighted by atomic mass is 9.94. The summed E-state index contributed by atoms with van der Waals surface area (Å²) in [6, 6.07) is 14.7. The minimum absolute atomic E-state index is 0.0575. The number of benzene rings is 2. The molecule has 0 amide bonds. The number of hydrogen-bond donors (Lipinski definition) is 5. The fraction of sp³-hybridized carbons (Fsp3) is 0.250. The number of aromatic amines is 4. The largest absolute Gasteiger partial charge is 0.397 e. The first kappa shape index (κ1) is 39.6. The van der Waals surface area contributed by atoms with Crippen molar-refractivity contribution < 1.29 is 0 Å². The van der Waals surface area contributed by atoms with Gasteiger partial charge in [0, 0.05) is 100 Å². The highest BCUT2D eigenvalue weighted by atomic mass is 15.3. The molecule has 0 saturated carbocycles. The summed E-state index contributed by atoms with van der Waals surface area (Å²) in [4.78, 5) is 47.4. The third kappa shape index (κ3) is 6.80. The Bertz CT molecular complexity index is 3440. The first-order valence-corrected chi connectivity index (χ1v) is 22.1. The maximum Gasteiger partial charge on any atom is 0.159 e. The number of pyridine rings is 4. The minimum Gasteiger partial charge on any atom is -0.397 e. The van der Waals surface area contributed by atoms with Crippen molar-refractivity contribution in [3.05, 3.63) is 97.6 Å². The van der Waals surface area contributed by atoms with Gasteiger partial charge in [0.15, 0.2) is 11.6 Å². The van der Waals surface area contributed by atoms with Crippen LogP contribution in [0.25, 0.3) is 89.2 Å². The molecule has 1 unspecified atom stereocenters. The van der Waals surface area contributed by atoms with Crippen LogP contribution in [0.4, 0.5) is 22.7 Å². The lowest BCUT2D eigenvalue weighted by Crippen LogP contribution is -2.47. The van der Waals surface area contributed by atoms with Crippen LogP contribution < -0.4 is 20.4 Å². The molecule has 0 aliphatic carbocycles.